The zero-order valence-corrected chi connectivity index (χ0v) is 11.1. The summed E-state index contributed by atoms with van der Waals surface area (Å²) < 4.78 is 30.0. The fraction of sp³-hybridized carbons (Fsp3) is 0.0769. The minimum atomic E-state index is -3.83. The zero-order valence-electron chi connectivity index (χ0n) is 10.3. The largest absolute Gasteiger partial charge is 0.455 e. The van der Waals surface area contributed by atoms with Gasteiger partial charge in [0.25, 0.3) is 10.2 Å². The lowest BCUT2D eigenvalue weighted by Gasteiger charge is -2.11. The van der Waals surface area contributed by atoms with Crippen molar-refractivity contribution in [1.29, 1.82) is 0 Å². The van der Waals surface area contributed by atoms with Crippen LogP contribution in [0.25, 0.3) is 0 Å². The second-order valence-corrected chi connectivity index (χ2v) is 5.35. The van der Waals surface area contributed by atoms with E-state index < -0.39 is 10.2 Å². The number of nitrogens with two attached hydrogens (primary N) is 1. The highest BCUT2D eigenvalue weighted by atomic mass is 32.2. The number of para-hydroxylation sites is 2. The molecule has 0 heterocycles. The van der Waals surface area contributed by atoms with Gasteiger partial charge in [-0.2, -0.15) is 8.42 Å². The van der Waals surface area contributed by atoms with Crippen LogP contribution in [0.2, 0.25) is 0 Å². The first-order valence-corrected chi connectivity index (χ1v) is 7.13. The molecule has 100 valence electrons. The number of anilines is 1. The lowest BCUT2D eigenvalue weighted by molar-refractivity contribution is 0.484. The van der Waals surface area contributed by atoms with Crippen LogP contribution in [0, 0.1) is 6.92 Å². The summed E-state index contributed by atoms with van der Waals surface area (Å²) in [5.41, 5.74) is 1.41. The van der Waals surface area contributed by atoms with Crippen LogP contribution in [-0.2, 0) is 10.2 Å². The molecular weight excluding hydrogens is 264 g/mol. The van der Waals surface area contributed by atoms with Gasteiger partial charge >= 0.3 is 0 Å². The number of ether oxygens (including phenoxy) is 1. The third-order valence-corrected chi connectivity index (χ3v) is 2.89. The number of rotatable bonds is 4. The van der Waals surface area contributed by atoms with Gasteiger partial charge < -0.3 is 4.74 Å². The number of nitrogens with one attached hydrogen (secondary N) is 1. The molecule has 0 aliphatic heterocycles. The fourth-order valence-electron chi connectivity index (χ4n) is 1.53. The molecule has 0 aromatic heterocycles. The number of hydrogen-bond donors (Lipinski definition) is 2. The van der Waals surface area contributed by atoms with Gasteiger partial charge in [0, 0.05) is 0 Å². The highest BCUT2D eigenvalue weighted by Crippen LogP contribution is 2.29. The molecule has 2 aromatic carbocycles. The molecule has 2 rings (SSSR count). The zero-order chi connectivity index (χ0) is 13.9. The van der Waals surface area contributed by atoms with Gasteiger partial charge in [0.15, 0.2) is 5.75 Å². The second-order valence-electron chi connectivity index (χ2n) is 4.06. The lowest BCUT2D eigenvalue weighted by Crippen LogP contribution is -2.21. The van der Waals surface area contributed by atoms with E-state index in [9.17, 15) is 8.42 Å². The molecule has 0 aliphatic rings. The first-order chi connectivity index (χ1) is 8.94. The number of aryl methyl sites for hydroxylation is 1. The van der Waals surface area contributed by atoms with Gasteiger partial charge in [0.1, 0.15) is 5.75 Å². The van der Waals surface area contributed by atoms with Crippen molar-refractivity contribution in [2.45, 2.75) is 6.92 Å². The van der Waals surface area contributed by atoms with Gasteiger partial charge in [-0.15, -0.1) is 0 Å². The van der Waals surface area contributed by atoms with Crippen LogP contribution < -0.4 is 14.6 Å². The Labute approximate surface area is 112 Å². The van der Waals surface area contributed by atoms with Gasteiger partial charge in [-0.05, 0) is 31.2 Å². The lowest BCUT2D eigenvalue weighted by atomic mass is 10.2. The molecule has 0 saturated heterocycles. The van der Waals surface area contributed by atoms with Gasteiger partial charge in [0.05, 0.1) is 5.69 Å². The summed E-state index contributed by atoms with van der Waals surface area (Å²) in [6, 6.07) is 14.1. The maximum absolute atomic E-state index is 11.1. The van der Waals surface area contributed by atoms with Crippen LogP contribution in [0.3, 0.4) is 0 Å². The molecule has 2 aromatic rings. The van der Waals surface area contributed by atoms with Gasteiger partial charge in [-0.3, -0.25) is 4.72 Å². The van der Waals surface area contributed by atoms with Crippen LogP contribution in [0.5, 0.6) is 11.5 Å². The molecule has 0 saturated carbocycles. The quantitative estimate of drug-likeness (QED) is 0.901. The van der Waals surface area contributed by atoms with E-state index in [1.54, 1.807) is 24.3 Å². The summed E-state index contributed by atoms with van der Waals surface area (Å²) >= 11 is 0. The van der Waals surface area contributed by atoms with E-state index in [4.69, 9.17) is 9.88 Å². The topological polar surface area (TPSA) is 81.4 Å². The molecule has 0 bridgehead atoms. The van der Waals surface area contributed by atoms with Crippen LogP contribution in [0.4, 0.5) is 5.69 Å². The molecule has 6 heteroatoms. The third-order valence-electron chi connectivity index (χ3n) is 2.39. The molecule has 0 spiro atoms. The summed E-state index contributed by atoms with van der Waals surface area (Å²) in [5.74, 6) is 1.01. The van der Waals surface area contributed by atoms with E-state index in [2.05, 4.69) is 4.72 Å². The average molecular weight is 278 g/mol. The molecular formula is C13H14N2O3S. The normalized spacial score (nSPS) is 11.1. The minimum absolute atomic E-state index is 0.297. The van der Waals surface area contributed by atoms with E-state index >= 15 is 0 Å². The molecule has 3 N–H and O–H groups in total. The van der Waals surface area contributed by atoms with Crippen molar-refractivity contribution in [3.8, 4) is 11.5 Å². The van der Waals surface area contributed by atoms with Crippen molar-refractivity contribution in [2.24, 2.45) is 5.14 Å². The predicted octanol–water partition coefficient (Wildman–Crippen LogP) is 2.40. The Balaban J connectivity index is 2.27. The van der Waals surface area contributed by atoms with Crippen molar-refractivity contribution in [1.82, 2.24) is 0 Å². The van der Waals surface area contributed by atoms with Crippen LogP contribution in [-0.4, -0.2) is 8.42 Å². The van der Waals surface area contributed by atoms with Crippen LogP contribution in [0.1, 0.15) is 5.56 Å². The Morgan fingerprint density at radius 1 is 1.05 bits per heavy atom. The Hall–Kier alpha value is -2.05. The Morgan fingerprint density at radius 3 is 2.32 bits per heavy atom. The Morgan fingerprint density at radius 2 is 1.68 bits per heavy atom. The van der Waals surface area contributed by atoms with Crippen LogP contribution in [0.15, 0.2) is 48.5 Å². The average Bonchev–Trinajstić information content (AvgIpc) is 2.33. The van der Waals surface area contributed by atoms with Gasteiger partial charge in [0.2, 0.25) is 0 Å². The molecule has 0 atom stereocenters. The molecule has 0 aliphatic carbocycles. The smallest absolute Gasteiger partial charge is 0.296 e. The van der Waals surface area contributed by atoms with E-state index in [0.29, 0.717) is 17.2 Å². The minimum Gasteiger partial charge on any atom is -0.455 e. The summed E-state index contributed by atoms with van der Waals surface area (Å²) in [6.45, 7) is 1.97. The highest BCUT2D eigenvalue weighted by molar-refractivity contribution is 7.90. The SMILES string of the molecule is Cc1ccc(Oc2ccccc2NS(N)(=O)=O)cc1. The maximum Gasteiger partial charge on any atom is 0.296 e. The predicted molar refractivity (Wildman–Crippen MR) is 74.4 cm³/mol. The summed E-state index contributed by atoms with van der Waals surface area (Å²) in [4.78, 5) is 0. The molecule has 0 unspecified atom stereocenters. The van der Waals surface area contributed by atoms with E-state index in [1.165, 1.54) is 0 Å². The standard InChI is InChI=1S/C13H14N2O3S/c1-10-6-8-11(9-7-10)18-13-5-3-2-4-12(13)15-19(14,16)17/h2-9,15H,1H3,(H2,14,16,17). The molecule has 5 nitrogen and oxygen atoms in total. The first-order valence-electron chi connectivity index (χ1n) is 5.58. The van der Waals surface area contributed by atoms with Gasteiger partial charge in [-0.25, -0.2) is 5.14 Å². The summed E-state index contributed by atoms with van der Waals surface area (Å²) in [5, 5.41) is 4.96. The number of benzene rings is 2. The van der Waals surface area contributed by atoms with Crippen molar-refractivity contribution >= 4 is 15.9 Å². The van der Waals surface area contributed by atoms with Crippen LogP contribution >= 0.6 is 0 Å². The van der Waals surface area contributed by atoms with Crippen molar-refractivity contribution < 1.29 is 13.2 Å². The van der Waals surface area contributed by atoms with Gasteiger partial charge in [-0.1, -0.05) is 29.8 Å². The van der Waals surface area contributed by atoms with E-state index in [0.717, 1.165) is 5.56 Å². The number of hydrogen-bond acceptors (Lipinski definition) is 3. The second kappa shape index (κ2) is 5.29. The monoisotopic (exact) mass is 278 g/mol. The van der Waals surface area contributed by atoms with Crippen molar-refractivity contribution in [3.05, 3.63) is 54.1 Å². The van der Waals surface area contributed by atoms with E-state index in [-0.39, 0.29) is 0 Å². The van der Waals surface area contributed by atoms with Crippen molar-refractivity contribution in [3.63, 3.8) is 0 Å². The summed E-state index contributed by atoms with van der Waals surface area (Å²) in [7, 11) is -3.83. The molecule has 19 heavy (non-hydrogen) atoms. The first kappa shape index (κ1) is 13.4. The van der Waals surface area contributed by atoms with E-state index in [1.807, 2.05) is 31.2 Å². The molecule has 0 radical (unpaired) electrons. The Bertz CT molecular complexity index is 667. The highest BCUT2D eigenvalue weighted by Gasteiger charge is 2.08. The molecule has 0 fully saturated rings. The fourth-order valence-corrected chi connectivity index (χ4v) is 2.00. The maximum atomic E-state index is 11.1. The molecule has 0 amide bonds. The van der Waals surface area contributed by atoms with Crippen molar-refractivity contribution in [2.75, 3.05) is 4.72 Å². The summed E-state index contributed by atoms with van der Waals surface area (Å²) in [6.07, 6.45) is 0. The third kappa shape index (κ3) is 3.97. The Kier molecular flexibility index (Phi) is 3.73.